The maximum atomic E-state index is 12.1. The molecule has 0 atom stereocenters. The fourth-order valence-electron chi connectivity index (χ4n) is 3.64. The van der Waals surface area contributed by atoms with Gasteiger partial charge in [-0.3, -0.25) is 9.59 Å². The Hall–Kier alpha value is -3.54. The molecule has 3 rings (SSSR count). The standard InChI is InChI=1S/C18H24N2O2.C10H12O2/c1-5-13-7-8-17(22-4)15(9-13)11-19-16-10-14(6-2)12(3)20-18(16)21;1-3-8-4-5-10(12-2)9(6-8)7-11/h7-10,19H,5-6,11H2,1-4H3,(H,20,21);4-7H,3H2,1-2H3. The normalized spacial score (nSPS) is 10.2. The van der Waals surface area contributed by atoms with Crippen molar-refractivity contribution in [2.24, 2.45) is 0 Å². The van der Waals surface area contributed by atoms with Crippen molar-refractivity contribution in [3.63, 3.8) is 0 Å². The summed E-state index contributed by atoms with van der Waals surface area (Å²) in [4.78, 5) is 25.5. The zero-order valence-electron chi connectivity index (χ0n) is 21.1. The maximum absolute atomic E-state index is 12.1. The fourth-order valence-corrected chi connectivity index (χ4v) is 3.64. The number of aldehydes is 1. The van der Waals surface area contributed by atoms with Gasteiger partial charge in [-0.25, -0.2) is 0 Å². The molecule has 0 spiro atoms. The van der Waals surface area contributed by atoms with Crippen LogP contribution < -0.4 is 20.3 Å². The third-order valence-electron chi connectivity index (χ3n) is 5.78. The number of hydrogen-bond donors (Lipinski definition) is 2. The van der Waals surface area contributed by atoms with Gasteiger partial charge in [-0.1, -0.05) is 39.0 Å². The molecule has 0 aliphatic carbocycles. The number of benzene rings is 2. The molecule has 3 aromatic rings. The lowest BCUT2D eigenvalue weighted by Crippen LogP contribution is -2.16. The van der Waals surface area contributed by atoms with Crippen LogP contribution in [0.5, 0.6) is 11.5 Å². The second kappa shape index (κ2) is 13.2. The summed E-state index contributed by atoms with van der Waals surface area (Å²) in [6.45, 7) is 8.75. The number of aromatic amines is 1. The molecule has 0 amide bonds. The van der Waals surface area contributed by atoms with Gasteiger partial charge >= 0.3 is 0 Å². The van der Waals surface area contributed by atoms with Crippen molar-refractivity contribution in [1.82, 2.24) is 4.98 Å². The van der Waals surface area contributed by atoms with Crippen molar-refractivity contribution in [2.75, 3.05) is 19.5 Å². The maximum Gasteiger partial charge on any atom is 0.271 e. The highest BCUT2D eigenvalue weighted by atomic mass is 16.5. The van der Waals surface area contributed by atoms with E-state index in [4.69, 9.17) is 9.47 Å². The lowest BCUT2D eigenvalue weighted by atomic mass is 10.1. The number of ether oxygens (including phenoxy) is 2. The van der Waals surface area contributed by atoms with Crippen LogP contribution in [-0.4, -0.2) is 25.5 Å². The Morgan fingerprint density at radius 1 is 0.853 bits per heavy atom. The van der Waals surface area contributed by atoms with E-state index >= 15 is 0 Å². The Bertz CT molecular complexity index is 1150. The van der Waals surface area contributed by atoms with E-state index in [1.807, 2.05) is 37.3 Å². The zero-order chi connectivity index (χ0) is 25.1. The van der Waals surface area contributed by atoms with Crippen LogP contribution in [0.1, 0.15) is 59.1 Å². The molecule has 1 heterocycles. The highest BCUT2D eigenvalue weighted by molar-refractivity contribution is 5.79. The van der Waals surface area contributed by atoms with E-state index in [2.05, 4.69) is 43.2 Å². The van der Waals surface area contributed by atoms with E-state index in [-0.39, 0.29) is 5.56 Å². The lowest BCUT2D eigenvalue weighted by molar-refractivity contribution is 0.112. The van der Waals surface area contributed by atoms with Gasteiger partial charge in [0.15, 0.2) is 6.29 Å². The first kappa shape index (κ1) is 26.7. The van der Waals surface area contributed by atoms with Crippen LogP contribution in [-0.2, 0) is 25.8 Å². The molecular weight excluding hydrogens is 428 g/mol. The Labute approximate surface area is 202 Å². The number of carbonyl (C=O) groups excluding carboxylic acids is 1. The Kier molecular flexibility index (Phi) is 10.4. The number of anilines is 1. The molecule has 182 valence electrons. The monoisotopic (exact) mass is 464 g/mol. The minimum atomic E-state index is -0.0830. The van der Waals surface area contributed by atoms with Crippen molar-refractivity contribution in [2.45, 2.75) is 53.5 Å². The molecule has 1 aromatic heterocycles. The quantitative estimate of drug-likeness (QED) is 0.409. The van der Waals surface area contributed by atoms with E-state index in [1.54, 1.807) is 14.2 Å². The molecule has 0 bridgehead atoms. The molecule has 0 aliphatic rings. The van der Waals surface area contributed by atoms with E-state index < -0.39 is 0 Å². The summed E-state index contributed by atoms with van der Waals surface area (Å²) in [6.07, 6.45) is 3.62. The van der Waals surface area contributed by atoms with Crippen molar-refractivity contribution >= 4 is 12.0 Å². The zero-order valence-corrected chi connectivity index (χ0v) is 21.1. The van der Waals surface area contributed by atoms with Gasteiger partial charge in [0.1, 0.15) is 17.2 Å². The molecule has 34 heavy (non-hydrogen) atoms. The summed E-state index contributed by atoms with van der Waals surface area (Å²) in [5.41, 5.74) is 6.69. The molecule has 6 nitrogen and oxygen atoms in total. The van der Waals surface area contributed by atoms with Crippen LogP contribution in [0.15, 0.2) is 47.3 Å². The minimum absolute atomic E-state index is 0.0830. The predicted octanol–water partition coefficient (Wildman–Crippen LogP) is 5.50. The van der Waals surface area contributed by atoms with Gasteiger partial charge in [0.05, 0.1) is 19.8 Å². The molecule has 0 saturated heterocycles. The highest BCUT2D eigenvalue weighted by Crippen LogP contribution is 2.21. The summed E-state index contributed by atoms with van der Waals surface area (Å²) in [7, 11) is 3.23. The third-order valence-corrected chi connectivity index (χ3v) is 5.78. The number of H-pyrrole nitrogens is 1. The molecule has 0 fully saturated rings. The number of hydrogen-bond acceptors (Lipinski definition) is 5. The first-order valence-electron chi connectivity index (χ1n) is 11.6. The van der Waals surface area contributed by atoms with Crippen LogP contribution in [0.25, 0.3) is 0 Å². The highest BCUT2D eigenvalue weighted by Gasteiger charge is 2.08. The topological polar surface area (TPSA) is 80.4 Å². The first-order valence-corrected chi connectivity index (χ1v) is 11.6. The van der Waals surface area contributed by atoms with Gasteiger partial charge in [-0.15, -0.1) is 0 Å². The third kappa shape index (κ3) is 6.98. The van der Waals surface area contributed by atoms with Crippen molar-refractivity contribution in [3.8, 4) is 11.5 Å². The SMILES string of the molecule is CCc1ccc(OC)c(C=O)c1.CCc1ccc(OC)c(CNc2cc(CC)c(C)[nH]c2=O)c1. The van der Waals surface area contributed by atoms with Crippen LogP contribution in [0, 0.1) is 6.92 Å². The number of aromatic nitrogens is 1. The van der Waals surface area contributed by atoms with Gasteiger partial charge in [0.25, 0.3) is 5.56 Å². The average molecular weight is 465 g/mol. The fraction of sp³-hybridized carbons (Fsp3) is 0.357. The van der Waals surface area contributed by atoms with Gasteiger partial charge in [0, 0.05) is 17.8 Å². The van der Waals surface area contributed by atoms with Crippen LogP contribution in [0.3, 0.4) is 0 Å². The van der Waals surface area contributed by atoms with Gasteiger partial charge in [-0.2, -0.15) is 0 Å². The van der Waals surface area contributed by atoms with E-state index in [9.17, 15) is 9.59 Å². The van der Waals surface area contributed by atoms with Crippen LogP contribution in [0.4, 0.5) is 5.69 Å². The van der Waals surface area contributed by atoms with Crippen molar-refractivity contribution < 1.29 is 14.3 Å². The molecular formula is C28H36N2O4. The van der Waals surface area contributed by atoms with E-state index in [1.165, 1.54) is 5.56 Å². The average Bonchev–Trinajstić information content (AvgIpc) is 2.87. The molecule has 6 heteroatoms. The lowest BCUT2D eigenvalue weighted by Gasteiger charge is -2.13. The summed E-state index contributed by atoms with van der Waals surface area (Å²) < 4.78 is 10.4. The number of aryl methyl sites for hydroxylation is 4. The molecule has 2 aromatic carbocycles. The number of pyridine rings is 1. The second-order valence-electron chi connectivity index (χ2n) is 7.92. The minimum Gasteiger partial charge on any atom is -0.496 e. The number of rotatable bonds is 9. The summed E-state index contributed by atoms with van der Waals surface area (Å²) in [6, 6.07) is 13.7. The van der Waals surface area contributed by atoms with Crippen molar-refractivity contribution in [3.05, 3.63) is 86.3 Å². The summed E-state index contributed by atoms with van der Waals surface area (Å²) >= 11 is 0. The summed E-state index contributed by atoms with van der Waals surface area (Å²) in [5, 5.41) is 3.23. The molecule has 0 saturated carbocycles. The second-order valence-corrected chi connectivity index (χ2v) is 7.92. The Morgan fingerprint density at radius 3 is 2.03 bits per heavy atom. The Balaban J connectivity index is 0.000000287. The largest absolute Gasteiger partial charge is 0.496 e. The van der Waals surface area contributed by atoms with E-state index in [0.29, 0.717) is 23.5 Å². The molecule has 2 N–H and O–H groups in total. The first-order chi connectivity index (χ1) is 16.4. The van der Waals surface area contributed by atoms with Crippen LogP contribution >= 0.6 is 0 Å². The molecule has 0 aliphatic heterocycles. The van der Waals surface area contributed by atoms with E-state index in [0.717, 1.165) is 53.7 Å². The van der Waals surface area contributed by atoms with Gasteiger partial charge in [-0.05, 0) is 67.1 Å². The van der Waals surface area contributed by atoms with Crippen molar-refractivity contribution in [1.29, 1.82) is 0 Å². The van der Waals surface area contributed by atoms with Gasteiger partial charge < -0.3 is 19.8 Å². The van der Waals surface area contributed by atoms with Gasteiger partial charge in [0.2, 0.25) is 0 Å². The predicted molar refractivity (Wildman–Crippen MR) is 139 cm³/mol. The smallest absolute Gasteiger partial charge is 0.271 e. The number of carbonyl (C=O) groups is 1. The number of methoxy groups -OCH3 is 2. The molecule has 0 unspecified atom stereocenters. The number of nitrogens with one attached hydrogen (secondary N) is 2. The molecule has 0 radical (unpaired) electrons. The van der Waals surface area contributed by atoms with Crippen LogP contribution in [0.2, 0.25) is 0 Å². The Morgan fingerprint density at radius 2 is 1.47 bits per heavy atom. The summed E-state index contributed by atoms with van der Waals surface area (Å²) in [5.74, 6) is 1.48.